The molecule has 1 amide bonds. The molecule has 2 rings (SSSR count). The molecular weight excluding hydrogens is 372 g/mol. The van der Waals surface area contributed by atoms with Gasteiger partial charge in [-0.3, -0.25) is 4.79 Å². The van der Waals surface area contributed by atoms with E-state index in [0.717, 1.165) is 10.2 Å². The third-order valence-corrected chi connectivity index (χ3v) is 4.04. The van der Waals surface area contributed by atoms with Crippen molar-refractivity contribution < 1.29 is 14.3 Å². The van der Waals surface area contributed by atoms with Crippen molar-refractivity contribution in [2.45, 2.75) is 13.3 Å². The summed E-state index contributed by atoms with van der Waals surface area (Å²) in [5.41, 5.74) is 3.21. The fourth-order valence-corrected chi connectivity index (χ4v) is 2.74. The molecule has 6 heteroatoms. The molecule has 0 atom stereocenters. The zero-order valence-electron chi connectivity index (χ0n) is 13.6. The molecule has 126 valence electrons. The standard InChI is InChI=1S/C18H19BrN2O3/c1-12-3-8-16(15(19)11-12)20-10-9-17(22)21-14-6-4-13(5-7-14)18(23)24-2/h3-8,11,20H,9-10H2,1-2H3,(H,21,22). The molecule has 0 aliphatic heterocycles. The molecule has 0 bridgehead atoms. The van der Waals surface area contributed by atoms with Crippen LogP contribution in [0.25, 0.3) is 0 Å². The summed E-state index contributed by atoms with van der Waals surface area (Å²) in [5, 5.41) is 6.01. The second kappa shape index (κ2) is 8.49. The number of anilines is 2. The maximum absolute atomic E-state index is 12.0. The first-order valence-electron chi connectivity index (χ1n) is 7.48. The van der Waals surface area contributed by atoms with Gasteiger partial charge in [0.05, 0.1) is 12.7 Å². The Hall–Kier alpha value is -2.34. The Morgan fingerprint density at radius 3 is 2.46 bits per heavy atom. The fourth-order valence-electron chi connectivity index (χ4n) is 2.11. The summed E-state index contributed by atoms with van der Waals surface area (Å²) in [6.07, 6.45) is 0.332. The number of nitrogens with one attached hydrogen (secondary N) is 2. The van der Waals surface area contributed by atoms with E-state index in [1.165, 1.54) is 12.7 Å². The summed E-state index contributed by atoms with van der Waals surface area (Å²) in [7, 11) is 1.33. The van der Waals surface area contributed by atoms with Crippen molar-refractivity contribution in [2.75, 3.05) is 24.3 Å². The lowest BCUT2D eigenvalue weighted by Crippen LogP contribution is -2.16. The molecule has 24 heavy (non-hydrogen) atoms. The van der Waals surface area contributed by atoms with Gasteiger partial charge in [0.25, 0.3) is 0 Å². The molecule has 0 saturated heterocycles. The highest BCUT2D eigenvalue weighted by Gasteiger charge is 2.07. The minimum atomic E-state index is -0.402. The molecule has 0 radical (unpaired) electrons. The van der Waals surface area contributed by atoms with Crippen LogP contribution >= 0.6 is 15.9 Å². The SMILES string of the molecule is COC(=O)c1ccc(NC(=O)CCNc2ccc(C)cc2Br)cc1. The summed E-state index contributed by atoms with van der Waals surface area (Å²) in [6, 6.07) is 12.6. The Balaban J connectivity index is 1.81. The minimum absolute atomic E-state index is 0.100. The van der Waals surface area contributed by atoms with Crippen molar-refractivity contribution >= 4 is 39.2 Å². The number of methoxy groups -OCH3 is 1. The van der Waals surface area contributed by atoms with Gasteiger partial charge in [0, 0.05) is 28.8 Å². The summed E-state index contributed by atoms with van der Waals surface area (Å²) in [4.78, 5) is 23.3. The fraction of sp³-hybridized carbons (Fsp3) is 0.222. The number of hydrogen-bond acceptors (Lipinski definition) is 4. The monoisotopic (exact) mass is 390 g/mol. The molecule has 5 nitrogen and oxygen atoms in total. The van der Waals surface area contributed by atoms with Crippen LogP contribution < -0.4 is 10.6 Å². The van der Waals surface area contributed by atoms with Crippen LogP contribution in [0.4, 0.5) is 11.4 Å². The molecule has 0 spiro atoms. The van der Waals surface area contributed by atoms with Gasteiger partial charge in [-0.05, 0) is 64.8 Å². The maximum Gasteiger partial charge on any atom is 0.337 e. The summed E-state index contributed by atoms with van der Waals surface area (Å²) < 4.78 is 5.60. The van der Waals surface area contributed by atoms with Crippen LogP contribution in [0.2, 0.25) is 0 Å². The molecule has 0 unspecified atom stereocenters. The molecule has 0 aliphatic rings. The Bertz CT molecular complexity index is 730. The van der Waals surface area contributed by atoms with Gasteiger partial charge in [-0.25, -0.2) is 4.79 Å². The topological polar surface area (TPSA) is 67.4 Å². The minimum Gasteiger partial charge on any atom is -0.465 e. The van der Waals surface area contributed by atoms with Gasteiger partial charge >= 0.3 is 5.97 Å². The predicted octanol–water partition coefficient (Wildman–Crippen LogP) is 3.98. The second-order valence-corrected chi connectivity index (χ2v) is 6.13. The van der Waals surface area contributed by atoms with E-state index in [0.29, 0.717) is 24.2 Å². The van der Waals surface area contributed by atoms with E-state index in [-0.39, 0.29) is 5.91 Å². The van der Waals surface area contributed by atoms with Crippen molar-refractivity contribution in [3.63, 3.8) is 0 Å². The largest absolute Gasteiger partial charge is 0.465 e. The first-order valence-corrected chi connectivity index (χ1v) is 8.27. The molecular formula is C18H19BrN2O3. The number of benzene rings is 2. The van der Waals surface area contributed by atoms with Crippen molar-refractivity contribution in [2.24, 2.45) is 0 Å². The number of amides is 1. The average molecular weight is 391 g/mol. The number of rotatable bonds is 6. The van der Waals surface area contributed by atoms with Gasteiger partial charge in [0.1, 0.15) is 0 Å². The molecule has 2 aromatic carbocycles. The molecule has 2 aromatic rings. The first-order chi connectivity index (χ1) is 11.5. The molecule has 0 aliphatic carbocycles. The molecule has 0 aromatic heterocycles. The van der Waals surface area contributed by atoms with Crippen LogP contribution in [0.1, 0.15) is 22.3 Å². The van der Waals surface area contributed by atoms with Crippen LogP contribution in [0, 0.1) is 6.92 Å². The van der Waals surface area contributed by atoms with Gasteiger partial charge < -0.3 is 15.4 Å². The molecule has 0 fully saturated rings. The van der Waals surface area contributed by atoms with Gasteiger partial charge in [-0.1, -0.05) is 6.07 Å². The van der Waals surface area contributed by atoms with Gasteiger partial charge in [0.15, 0.2) is 0 Å². The van der Waals surface area contributed by atoms with Crippen molar-refractivity contribution in [3.8, 4) is 0 Å². The second-order valence-electron chi connectivity index (χ2n) is 5.28. The first kappa shape index (κ1) is 18.0. The number of halogens is 1. The highest BCUT2D eigenvalue weighted by Crippen LogP contribution is 2.23. The van der Waals surface area contributed by atoms with Crippen LogP contribution in [0.3, 0.4) is 0 Å². The average Bonchev–Trinajstić information content (AvgIpc) is 2.57. The van der Waals surface area contributed by atoms with E-state index in [4.69, 9.17) is 0 Å². The van der Waals surface area contributed by atoms with E-state index in [1.54, 1.807) is 24.3 Å². The quantitative estimate of drug-likeness (QED) is 0.731. The Labute approximate surface area is 149 Å². The van der Waals surface area contributed by atoms with Crippen molar-refractivity contribution in [3.05, 3.63) is 58.1 Å². The summed E-state index contributed by atoms with van der Waals surface area (Å²) in [5.74, 6) is -0.502. The normalized spacial score (nSPS) is 10.1. The van der Waals surface area contributed by atoms with E-state index in [2.05, 4.69) is 31.3 Å². The van der Waals surface area contributed by atoms with Crippen LogP contribution in [0.5, 0.6) is 0 Å². The number of ether oxygens (including phenoxy) is 1. The molecule has 2 N–H and O–H groups in total. The third kappa shape index (κ3) is 5.09. The third-order valence-electron chi connectivity index (χ3n) is 3.38. The van der Waals surface area contributed by atoms with Crippen molar-refractivity contribution in [1.82, 2.24) is 0 Å². The molecule has 0 heterocycles. The van der Waals surface area contributed by atoms with E-state index in [1.807, 2.05) is 25.1 Å². The number of hydrogen-bond donors (Lipinski definition) is 2. The number of aryl methyl sites for hydroxylation is 1. The lowest BCUT2D eigenvalue weighted by atomic mass is 10.2. The lowest BCUT2D eigenvalue weighted by molar-refractivity contribution is -0.115. The van der Waals surface area contributed by atoms with E-state index < -0.39 is 5.97 Å². The highest BCUT2D eigenvalue weighted by molar-refractivity contribution is 9.10. The number of esters is 1. The number of carbonyl (C=O) groups is 2. The maximum atomic E-state index is 12.0. The smallest absolute Gasteiger partial charge is 0.337 e. The number of carbonyl (C=O) groups excluding carboxylic acids is 2. The van der Waals surface area contributed by atoms with Crippen molar-refractivity contribution in [1.29, 1.82) is 0 Å². The van der Waals surface area contributed by atoms with Crippen LogP contribution in [-0.2, 0) is 9.53 Å². The summed E-state index contributed by atoms with van der Waals surface area (Å²) in [6.45, 7) is 2.54. The lowest BCUT2D eigenvalue weighted by Gasteiger charge is -2.10. The Kier molecular flexibility index (Phi) is 6.37. The Morgan fingerprint density at radius 1 is 1.12 bits per heavy atom. The van der Waals surface area contributed by atoms with Crippen LogP contribution in [-0.4, -0.2) is 25.5 Å². The predicted molar refractivity (Wildman–Crippen MR) is 98.4 cm³/mol. The van der Waals surface area contributed by atoms with Gasteiger partial charge in [-0.2, -0.15) is 0 Å². The zero-order chi connectivity index (χ0) is 17.5. The van der Waals surface area contributed by atoms with E-state index >= 15 is 0 Å². The van der Waals surface area contributed by atoms with Crippen LogP contribution in [0.15, 0.2) is 46.9 Å². The van der Waals surface area contributed by atoms with Gasteiger partial charge in [-0.15, -0.1) is 0 Å². The summed E-state index contributed by atoms with van der Waals surface area (Å²) >= 11 is 3.49. The molecule has 0 saturated carbocycles. The Morgan fingerprint density at radius 2 is 1.83 bits per heavy atom. The highest BCUT2D eigenvalue weighted by atomic mass is 79.9. The zero-order valence-corrected chi connectivity index (χ0v) is 15.1. The van der Waals surface area contributed by atoms with E-state index in [9.17, 15) is 9.59 Å². The van der Waals surface area contributed by atoms with Gasteiger partial charge in [0.2, 0.25) is 5.91 Å².